The van der Waals surface area contributed by atoms with Crippen LogP contribution in [0.4, 0.5) is 0 Å². The summed E-state index contributed by atoms with van der Waals surface area (Å²) in [6.45, 7) is 5.64. The molecule has 1 N–H and O–H groups in total. The van der Waals surface area contributed by atoms with Gasteiger partial charge in [-0.2, -0.15) is 0 Å². The fourth-order valence-corrected chi connectivity index (χ4v) is 2.88. The molecule has 0 spiro atoms. The second-order valence-electron chi connectivity index (χ2n) is 5.62. The molecule has 0 aliphatic carbocycles. The summed E-state index contributed by atoms with van der Waals surface area (Å²) in [4.78, 5) is 16.3. The van der Waals surface area contributed by atoms with Gasteiger partial charge in [0.1, 0.15) is 0 Å². The van der Waals surface area contributed by atoms with E-state index >= 15 is 0 Å². The summed E-state index contributed by atoms with van der Waals surface area (Å²) < 4.78 is 0. The molecule has 4 nitrogen and oxygen atoms in total. The molecule has 1 aromatic rings. The smallest absolute Gasteiger partial charge is 0.222 e. The second-order valence-corrected chi connectivity index (χ2v) is 6.03. The molecule has 0 bridgehead atoms. The van der Waals surface area contributed by atoms with Crippen LogP contribution < -0.4 is 0 Å². The van der Waals surface area contributed by atoms with E-state index in [1.807, 2.05) is 29.2 Å². The number of rotatable bonds is 5. The van der Waals surface area contributed by atoms with E-state index in [0.717, 1.165) is 36.8 Å². The Kier molecular flexibility index (Phi) is 6.03. The normalized spacial score (nSPS) is 17.8. The lowest BCUT2D eigenvalue weighted by molar-refractivity contribution is -0.133. The van der Waals surface area contributed by atoms with Crippen LogP contribution in [0.3, 0.4) is 0 Å². The van der Waals surface area contributed by atoms with Gasteiger partial charge in [0.2, 0.25) is 5.91 Å². The molecule has 1 unspecified atom stereocenters. The molecule has 1 saturated heterocycles. The molecule has 116 valence electrons. The number of piperazine rings is 1. The number of carbonyl (C=O) groups excluding carboxylic acids is 1. The van der Waals surface area contributed by atoms with E-state index in [1.54, 1.807) is 6.92 Å². The van der Waals surface area contributed by atoms with Gasteiger partial charge < -0.3 is 10.0 Å². The van der Waals surface area contributed by atoms with Crippen LogP contribution in [0.5, 0.6) is 0 Å². The van der Waals surface area contributed by atoms with E-state index < -0.39 is 0 Å². The molecule has 0 radical (unpaired) electrons. The number of hydrogen-bond acceptors (Lipinski definition) is 3. The first kappa shape index (κ1) is 16.3. The van der Waals surface area contributed by atoms with Crippen molar-refractivity contribution in [3.05, 3.63) is 34.9 Å². The van der Waals surface area contributed by atoms with Crippen LogP contribution in [-0.2, 0) is 11.2 Å². The molecule has 1 heterocycles. The zero-order chi connectivity index (χ0) is 15.2. The summed E-state index contributed by atoms with van der Waals surface area (Å²) in [5.74, 6) is 0.187. The number of nitrogens with zero attached hydrogens (tertiary/aromatic N) is 2. The van der Waals surface area contributed by atoms with Crippen LogP contribution in [0.2, 0.25) is 5.02 Å². The minimum atomic E-state index is -0.313. The molecule has 1 aromatic carbocycles. The SMILES string of the molecule is CC(O)CN1CCN(C(=O)CCc2ccccc2Cl)CC1. The number of amides is 1. The number of benzene rings is 1. The maximum absolute atomic E-state index is 12.2. The fourth-order valence-electron chi connectivity index (χ4n) is 2.65. The Morgan fingerprint density at radius 3 is 2.57 bits per heavy atom. The van der Waals surface area contributed by atoms with Crippen molar-refractivity contribution in [2.75, 3.05) is 32.7 Å². The largest absolute Gasteiger partial charge is 0.392 e. The molecule has 1 aliphatic heterocycles. The van der Waals surface area contributed by atoms with Crippen molar-refractivity contribution in [3.63, 3.8) is 0 Å². The predicted octanol–water partition coefficient (Wildman–Crippen LogP) is 1.80. The highest BCUT2D eigenvalue weighted by molar-refractivity contribution is 6.31. The lowest BCUT2D eigenvalue weighted by atomic mass is 10.1. The summed E-state index contributed by atoms with van der Waals surface area (Å²) >= 11 is 6.11. The molecule has 1 amide bonds. The first-order valence-electron chi connectivity index (χ1n) is 7.48. The zero-order valence-electron chi connectivity index (χ0n) is 12.5. The van der Waals surface area contributed by atoms with E-state index in [2.05, 4.69) is 4.90 Å². The minimum absolute atomic E-state index is 0.187. The van der Waals surface area contributed by atoms with Crippen molar-refractivity contribution in [2.45, 2.75) is 25.9 Å². The number of carbonyl (C=O) groups is 1. The van der Waals surface area contributed by atoms with Crippen LogP contribution in [0.1, 0.15) is 18.9 Å². The maximum atomic E-state index is 12.2. The van der Waals surface area contributed by atoms with Gasteiger partial charge in [-0.3, -0.25) is 9.69 Å². The van der Waals surface area contributed by atoms with Crippen LogP contribution in [0.25, 0.3) is 0 Å². The number of halogens is 1. The van der Waals surface area contributed by atoms with Gasteiger partial charge in [0.25, 0.3) is 0 Å². The summed E-state index contributed by atoms with van der Waals surface area (Å²) in [5.41, 5.74) is 1.03. The van der Waals surface area contributed by atoms with Crippen molar-refractivity contribution < 1.29 is 9.90 Å². The molecular formula is C16H23ClN2O2. The summed E-state index contributed by atoms with van der Waals surface area (Å²) in [7, 11) is 0. The van der Waals surface area contributed by atoms with E-state index in [4.69, 9.17) is 11.6 Å². The molecule has 21 heavy (non-hydrogen) atoms. The average molecular weight is 311 g/mol. The quantitative estimate of drug-likeness (QED) is 0.902. The Balaban J connectivity index is 1.76. The van der Waals surface area contributed by atoms with Gasteiger partial charge in [-0.05, 0) is 25.0 Å². The topological polar surface area (TPSA) is 43.8 Å². The number of aliphatic hydroxyl groups is 1. The summed E-state index contributed by atoms with van der Waals surface area (Å²) in [5, 5.41) is 10.1. The third-order valence-corrected chi connectivity index (χ3v) is 4.18. The molecule has 0 aromatic heterocycles. The Morgan fingerprint density at radius 1 is 1.29 bits per heavy atom. The molecule has 1 fully saturated rings. The molecule has 1 atom stereocenters. The van der Waals surface area contributed by atoms with E-state index in [0.29, 0.717) is 19.4 Å². The first-order valence-corrected chi connectivity index (χ1v) is 7.85. The van der Waals surface area contributed by atoms with Gasteiger partial charge in [0, 0.05) is 44.2 Å². The number of aryl methyl sites for hydroxylation is 1. The predicted molar refractivity (Wildman–Crippen MR) is 84.5 cm³/mol. The van der Waals surface area contributed by atoms with Crippen molar-refractivity contribution in [1.29, 1.82) is 0 Å². The molecule has 1 aliphatic rings. The highest BCUT2D eigenvalue weighted by Gasteiger charge is 2.21. The molecular weight excluding hydrogens is 288 g/mol. The van der Waals surface area contributed by atoms with Crippen molar-refractivity contribution >= 4 is 17.5 Å². The number of β-amino-alcohol motifs (C(OH)–C–C–N with tert-alkyl or cyclic N) is 1. The van der Waals surface area contributed by atoms with Gasteiger partial charge in [0.15, 0.2) is 0 Å². The lowest BCUT2D eigenvalue weighted by Gasteiger charge is -2.35. The van der Waals surface area contributed by atoms with E-state index in [1.165, 1.54) is 0 Å². The average Bonchev–Trinajstić information content (AvgIpc) is 2.46. The highest BCUT2D eigenvalue weighted by Crippen LogP contribution is 2.17. The third-order valence-electron chi connectivity index (χ3n) is 3.81. The van der Waals surface area contributed by atoms with Crippen LogP contribution in [0.15, 0.2) is 24.3 Å². The second kappa shape index (κ2) is 7.78. The minimum Gasteiger partial charge on any atom is -0.392 e. The molecule has 0 saturated carbocycles. The Labute approximate surface area is 131 Å². The fraction of sp³-hybridized carbons (Fsp3) is 0.562. The maximum Gasteiger partial charge on any atom is 0.222 e. The van der Waals surface area contributed by atoms with Gasteiger partial charge in [0.05, 0.1) is 6.10 Å². The van der Waals surface area contributed by atoms with Gasteiger partial charge in [-0.1, -0.05) is 29.8 Å². The summed E-state index contributed by atoms with van der Waals surface area (Å²) in [6, 6.07) is 7.67. The third kappa shape index (κ3) is 4.99. The molecule has 2 rings (SSSR count). The van der Waals surface area contributed by atoms with Crippen molar-refractivity contribution in [2.24, 2.45) is 0 Å². The number of hydrogen-bond donors (Lipinski definition) is 1. The van der Waals surface area contributed by atoms with Crippen molar-refractivity contribution in [3.8, 4) is 0 Å². The van der Waals surface area contributed by atoms with Crippen LogP contribution >= 0.6 is 11.6 Å². The first-order chi connectivity index (χ1) is 10.1. The highest BCUT2D eigenvalue weighted by atomic mass is 35.5. The Bertz CT molecular complexity index is 471. The van der Waals surface area contributed by atoms with E-state index in [9.17, 15) is 9.90 Å². The Hall–Kier alpha value is -1.10. The van der Waals surface area contributed by atoms with Crippen LogP contribution in [0, 0.1) is 0 Å². The van der Waals surface area contributed by atoms with Gasteiger partial charge in [-0.25, -0.2) is 0 Å². The summed E-state index contributed by atoms with van der Waals surface area (Å²) in [6.07, 6.45) is 0.875. The van der Waals surface area contributed by atoms with Gasteiger partial charge >= 0.3 is 0 Å². The number of aliphatic hydroxyl groups excluding tert-OH is 1. The van der Waals surface area contributed by atoms with Crippen molar-refractivity contribution in [1.82, 2.24) is 9.80 Å². The molecule has 5 heteroatoms. The standard InChI is InChI=1S/C16H23ClN2O2/c1-13(20)12-18-8-10-19(11-9-18)16(21)7-6-14-4-2-3-5-15(14)17/h2-5,13,20H,6-12H2,1H3. The zero-order valence-corrected chi connectivity index (χ0v) is 13.2. The van der Waals surface area contributed by atoms with Crippen LogP contribution in [-0.4, -0.2) is 59.6 Å². The monoisotopic (exact) mass is 310 g/mol. The van der Waals surface area contributed by atoms with Gasteiger partial charge in [-0.15, -0.1) is 0 Å². The lowest BCUT2D eigenvalue weighted by Crippen LogP contribution is -2.50. The Morgan fingerprint density at radius 2 is 1.95 bits per heavy atom. The van der Waals surface area contributed by atoms with E-state index in [-0.39, 0.29) is 12.0 Å².